The van der Waals surface area contributed by atoms with Gasteiger partial charge in [0.05, 0.1) is 0 Å². The number of nitrogens with one attached hydrogen (secondary N) is 1. The first-order valence-corrected chi connectivity index (χ1v) is 9.12. The lowest BCUT2D eigenvalue weighted by molar-refractivity contribution is 0.569. The summed E-state index contributed by atoms with van der Waals surface area (Å²) < 4.78 is 1.19. The number of hydrogen-bond acceptors (Lipinski definition) is 4. The molecule has 1 aromatic heterocycles. The van der Waals surface area contributed by atoms with Crippen molar-refractivity contribution in [2.24, 2.45) is 0 Å². The molecular formula is C18H21IN4. The van der Waals surface area contributed by atoms with E-state index in [0.717, 1.165) is 36.5 Å². The van der Waals surface area contributed by atoms with Crippen LogP contribution >= 0.6 is 22.6 Å². The van der Waals surface area contributed by atoms with Gasteiger partial charge in [0.15, 0.2) is 0 Å². The van der Waals surface area contributed by atoms with Crippen LogP contribution in [-0.2, 0) is 0 Å². The lowest BCUT2D eigenvalue weighted by Crippen LogP contribution is -2.37. The van der Waals surface area contributed by atoms with Gasteiger partial charge in [0.1, 0.15) is 5.82 Å². The number of hydrogen-bond donors (Lipinski definition) is 1. The lowest BCUT2D eigenvalue weighted by atomic mass is 10.1. The van der Waals surface area contributed by atoms with Gasteiger partial charge in [0.2, 0.25) is 5.95 Å². The first kappa shape index (κ1) is 16.2. The van der Waals surface area contributed by atoms with Crippen molar-refractivity contribution in [2.45, 2.75) is 32.7 Å². The van der Waals surface area contributed by atoms with Crippen molar-refractivity contribution in [1.29, 1.82) is 0 Å². The molecule has 0 bridgehead atoms. The number of benzene rings is 1. The molecule has 0 saturated carbocycles. The Kier molecular flexibility index (Phi) is 5.15. The van der Waals surface area contributed by atoms with Crippen LogP contribution in [0.1, 0.15) is 32.3 Å². The maximum absolute atomic E-state index is 4.79. The van der Waals surface area contributed by atoms with Crippen LogP contribution in [0.4, 0.5) is 17.5 Å². The van der Waals surface area contributed by atoms with Crippen LogP contribution < -0.4 is 10.2 Å². The number of fused-ring (bicyclic) bond motifs is 1. The second kappa shape index (κ2) is 7.29. The van der Waals surface area contributed by atoms with Crippen molar-refractivity contribution in [1.82, 2.24) is 9.97 Å². The minimum absolute atomic E-state index is 0.513. The van der Waals surface area contributed by atoms with E-state index < -0.39 is 0 Å². The second-order valence-corrected chi connectivity index (χ2v) is 6.88. The molecule has 2 aromatic rings. The van der Waals surface area contributed by atoms with Crippen LogP contribution in [-0.4, -0.2) is 22.6 Å². The van der Waals surface area contributed by atoms with Gasteiger partial charge >= 0.3 is 0 Å². The van der Waals surface area contributed by atoms with Crippen LogP contribution in [0.15, 0.2) is 36.5 Å². The molecule has 0 aliphatic carbocycles. The minimum atomic E-state index is 0.513. The standard InChI is InChI=1S/C18H21IN4/c1-3-16(4-2)23-10-6-7-13-12-20-18(22-17(13)23)21-15-9-5-8-14(19)11-15/h5-9,11-12,16H,3-4,10H2,1-2H3,(H,20,21,22). The highest BCUT2D eigenvalue weighted by Gasteiger charge is 2.21. The fraction of sp³-hybridized carbons (Fsp3) is 0.333. The summed E-state index contributed by atoms with van der Waals surface area (Å²) in [6.45, 7) is 5.38. The minimum Gasteiger partial charge on any atom is -0.349 e. The molecule has 0 fully saturated rings. The molecule has 0 unspecified atom stereocenters. The Labute approximate surface area is 151 Å². The average molecular weight is 420 g/mol. The molecule has 0 saturated heterocycles. The molecule has 0 radical (unpaired) electrons. The molecule has 2 heterocycles. The highest BCUT2D eigenvalue weighted by atomic mass is 127. The molecule has 1 aliphatic heterocycles. The van der Waals surface area contributed by atoms with Crippen molar-refractivity contribution in [3.05, 3.63) is 45.7 Å². The fourth-order valence-electron chi connectivity index (χ4n) is 2.92. The zero-order valence-corrected chi connectivity index (χ0v) is 15.6. The molecule has 0 spiro atoms. The molecule has 1 aromatic carbocycles. The Morgan fingerprint density at radius 1 is 1.30 bits per heavy atom. The molecular weight excluding hydrogens is 399 g/mol. The SMILES string of the molecule is CCC(CC)N1CC=Cc2cnc(Nc3cccc(I)c3)nc21. The molecule has 1 aliphatic rings. The van der Waals surface area contributed by atoms with E-state index in [2.05, 4.69) is 75.9 Å². The largest absolute Gasteiger partial charge is 0.349 e. The summed E-state index contributed by atoms with van der Waals surface area (Å²) in [6, 6.07) is 8.73. The maximum Gasteiger partial charge on any atom is 0.229 e. The molecule has 0 amide bonds. The summed E-state index contributed by atoms with van der Waals surface area (Å²) in [5.41, 5.74) is 2.11. The zero-order chi connectivity index (χ0) is 16.2. The topological polar surface area (TPSA) is 41.1 Å². The third kappa shape index (κ3) is 3.65. The summed E-state index contributed by atoms with van der Waals surface area (Å²) in [5, 5.41) is 3.31. The van der Waals surface area contributed by atoms with E-state index in [9.17, 15) is 0 Å². The monoisotopic (exact) mass is 420 g/mol. The van der Waals surface area contributed by atoms with Gasteiger partial charge < -0.3 is 10.2 Å². The van der Waals surface area contributed by atoms with E-state index in [1.54, 1.807) is 0 Å². The first-order chi connectivity index (χ1) is 11.2. The maximum atomic E-state index is 4.79. The van der Waals surface area contributed by atoms with Gasteiger partial charge in [-0.25, -0.2) is 4.98 Å². The summed E-state index contributed by atoms with van der Waals surface area (Å²) >= 11 is 2.31. The Bertz CT molecular complexity index is 710. The number of rotatable bonds is 5. The van der Waals surface area contributed by atoms with Gasteiger partial charge in [-0.2, -0.15) is 4.98 Å². The van der Waals surface area contributed by atoms with Gasteiger partial charge in [-0.15, -0.1) is 0 Å². The van der Waals surface area contributed by atoms with E-state index in [1.165, 1.54) is 3.57 Å². The third-order valence-electron chi connectivity index (χ3n) is 4.13. The Hall–Kier alpha value is -1.63. The van der Waals surface area contributed by atoms with Crippen LogP contribution in [0.3, 0.4) is 0 Å². The average Bonchev–Trinajstić information content (AvgIpc) is 2.56. The zero-order valence-electron chi connectivity index (χ0n) is 13.5. The molecule has 1 N–H and O–H groups in total. The highest BCUT2D eigenvalue weighted by molar-refractivity contribution is 14.1. The number of halogens is 1. The van der Waals surface area contributed by atoms with E-state index in [4.69, 9.17) is 4.98 Å². The molecule has 5 heteroatoms. The summed E-state index contributed by atoms with van der Waals surface area (Å²) in [4.78, 5) is 11.6. The second-order valence-electron chi connectivity index (χ2n) is 5.63. The Morgan fingerprint density at radius 2 is 2.13 bits per heavy atom. The van der Waals surface area contributed by atoms with Gasteiger partial charge in [0.25, 0.3) is 0 Å². The lowest BCUT2D eigenvalue weighted by Gasteiger charge is -2.33. The Balaban J connectivity index is 1.90. The summed E-state index contributed by atoms with van der Waals surface area (Å²) in [7, 11) is 0. The third-order valence-corrected chi connectivity index (χ3v) is 4.80. The van der Waals surface area contributed by atoms with E-state index in [0.29, 0.717) is 12.0 Å². The normalized spacial score (nSPS) is 13.3. The van der Waals surface area contributed by atoms with E-state index in [1.807, 2.05) is 18.3 Å². The van der Waals surface area contributed by atoms with Crippen molar-refractivity contribution in [2.75, 3.05) is 16.8 Å². The first-order valence-electron chi connectivity index (χ1n) is 8.04. The van der Waals surface area contributed by atoms with Crippen molar-refractivity contribution in [3.8, 4) is 0 Å². The van der Waals surface area contributed by atoms with Gasteiger partial charge in [-0.1, -0.05) is 32.1 Å². The van der Waals surface area contributed by atoms with Crippen molar-refractivity contribution >= 4 is 46.1 Å². The van der Waals surface area contributed by atoms with Gasteiger partial charge in [-0.3, -0.25) is 0 Å². The summed E-state index contributed by atoms with van der Waals surface area (Å²) in [6.07, 6.45) is 8.45. The predicted molar refractivity (Wildman–Crippen MR) is 105 cm³/mol. The molecule has 0 atom stereocenters. The smallest absolute Gasteiger partial charge is 0.229 e. The molecule has 120 valence electrons. The van der Waals surface area contributed by atoms with Crippen LogP contribution in [0.2, 0.25) is 0 Å². The van der Waals surface area contributed by atoms with Crippen LogP contribution in [0.25, 0.3) is 6.08 Å². The van der Waals surface area contributed by atoms with Gasteiger partial charge in [0, 0.05) is 33.6 Å². The summed E-state index contributed by atoms with van der Waals surface area (Å²) in [5.74, 6) is 1.68. The number of aromatic nitrogens is 2. The van der Waals surface area contributed by atoms with E-state index >= 15 is 0 Å². The van der Waals surface area contributed by atoms with E-state index in [-0.39, 0.29) is 0 Å². The van der Waals surface area contributed by atoms with Crippen molar-refractivity contribution < 1.29 is 0 Å². The highest BCUT2D eigenvalue weighted by Crippen LogP contribution is 2.28. The van der Waals surface area contributed by atoms with Gasteiger partial charge in [-0.05, 0) is 53.6 Å². The Morgan fingerprint density at radius 3 is 2.87 bits per heavy atom. The molecule has 4 nitrogen and oxygen atoms in total. The quantitative estimate of drug-likeness (QED) is 0.703. The van der Waals surface area contributed by atoms with Crippen molar-refractivity contribution in [3.63, 3.8) is 0 Å². The number of anilines is 3. The number of nitrogens with zero attached hydrogens (tertiary/aromatic N) is 3. The molecule has 23 heavy (non-hydrogen) atoms. The fourth-order valence-corrected chi connectivity index (χ4v) is 3.46. The van der Waals surface area contributed by atoms with Crippen LogP contribution in [0.5, 0.6) is 0 Å². The predicted octanol–water partition coefficient (Wildman–Crippen LogP) is 4.85. The molecule has 3 rings (SSSR count). The van der Waals surface area contributed by atoms with Crippen LogP contribution in [0, 0.1) is 3.57 Å².